The van der Waals surface area contributed by atoms with E-state index in [4.69, 9.17) is 19.3 Å². The zero-order valence-corrected chi connectivity index (χ0v) is 87.9. The Bertz CT molecular complexity index is 6600. The second kappa shape index (κ2) is 54.7. The highest BCUT2D eigenvalue weighted by atomic mass is 79.9. The highest BCUT2D eigenvalue weighted by Gasteiger charge is 2.35. The third kappa shape index (κ3) is 35.9. The summed E-state index contributed by atoms with van der Waals surface area (Å²) in [5.41, 5.74) is 14.4. The van der Waals surface area contributed by atoms with E-state index in [0.29, 0.717) is 80.3 Å². The summed E-state index contributed by atoms with van der Waals surface area (Å²) >= 11 is 3.37. The summed E-state index contributed by atoms with van der Waals surface area (Å²) in [7, 11) is 1.58. The van der Waals surface area contributed by atoms with Crippen molar-refractivity contribution in [3.8, 4) is 50.3 Å². The quantitative estimate of drug-likeness (QED) is 0.0274. The molecule has 148 heavy (non-hydrogen) atoms. The number of nitro groups is 1. The van der Waals surface area contributed by atoms with Crippen LogP contribution in [0.25, 0.3) is 44.5 Å². The smallest absolute Gasteiger partial charge is 0.335 e. The number of pyridine rings is 8. The topological polar surface area (TPSA) is 505 Å². The van der Waals surface area contributed by atoms with Gasteiger partial charge in [-0.15, -0.1) is 0 Å². The maximum atomic E-state index is 11.5. The number of benzene rings is 4. The first kappa shape index (κ1) is 119. The first-order valence-electron chi connectivity index (χ1n) is 46.7. The van der Waals surface area contributed by atoms with Crippen molar-refractivity contribution in [2.45, 2.75) is 207 Å². The largest absolute Gasteiger partial charge is 0.508 e. The molecule has 2 aliphatic rings. The van der Waals surface area contributed by atoms with E-state index in [1.165, 1.54) is 154 Å². The van der Waals surface area contributed by atoms with Gasteiger partial charge in [-0.1, -0.05) is 85.4 Å². The Kier molecular flexibility index (Phi) is 43.9. The fourth-order valence-corrected chi connectivity index (χ4v) is 14.4. The predicted octanol–water partition coefficient (Wildman–Crippen LogP) is 23.3. The number of hydrogen-bond acceptors (Lipinski definition) is 31. The van der Waals surface area contributed by atoms with E-state index < -0.39 is 16.7 Å². The van der Waals surface area contributed by atoms with Crippen LogP contribution in [0.4, 0.5) is 5.69 Å². The molecule has 0 amide bonds. The molecule has 8 aromatic heterocycles. The van der Waals surface area contributed by atoms with Gasteiger partial charge in [-0.3, -0.25) is 86.8 Å². The Labute approximate surface area is 864 Å². The molecule has 1 saturated carbocycles. The summed E-state index contributed by atoms with van der Waals surface area (Å²) in [6.45, 7) is 32.7. The minimum atomic E-state index is -1.01. The van der Waals surface area contributed by atoms with Gasteiger partial charge in [0.1, 0.15) is 103 Å². The van der Waals surface area contributed by atoms with Crippen LogP contribution in [-0.4, -0.2) is 173 Å². The summed E-state index contributed by atoms with van der Waals surface area (Å²) in [5, 5.41) is 28.8. The van der Waals surface area contributed by atoms with Gasteiger partial charge >= 0.3 is 5.97 Å². The zero-order chi connectivity index (χ0) is 110. The molecule has 768 valence electrons. The van der Waals surface area contributed by atoms with Crippen LogP contribution < -0.4 is 0 Å². The summed E-state index contributed by atoms with van der Waals surface area (Å²) in [6, 6.07) is 53.2. The fourth-order valence-electron chi connectivity index (χ4n) is 14.2. The monoisotopic (exact) mass is 2070 g/mol. The average molecular weight is 2080 g/mol. The molecule has 14 rings (SSSR count). The van der Waals surface area contributed by atoms with E-state index in [0.717, 1.165) is 61.8 Å². The van der Waals surface area contributed by atoms with E-state index in [9.17, 15) is 96.7 Å². The lowest BCUT2D eigenvalue weighted by atomic mass is 9.83. The number of non-ortho nitro benzene ring substituents is 1. The van der Waals surface area contributed by atoms with E-state index in [1.807, 2.05) is 71.0 Å². The second-order valence-electron chi connectivity index (χ2n) is 35.5. The highest BCUT2D eigenvalue weighted by molar-refractivity contribution is 9.10. The number of aromatic nitrogens is 8. The molecule has 1 saturated heterocycles. The summed E-state index contributed by atoms with van der Waals surface area (Å²) in [4.78, 5) is 236. The molecule has 1 aliphatic carbocycles. The Morgan fingerprint density at radius 3 is 0.818 bits per heavy atom. The van der Waals surface area contributed by atoms with Crippen molar-refractivity contribution in [3.05, 3.63) is 328 Å². The number of nitro benzene ring substituents is 1. The molecule has 34 heteroatoms. The molecule has 33 nitrogen and oxygen atoms in total. The van der Waals surface area contributed by atoms with Crippen molar-refractivity contribution >= 4 is 120 Å². The van der Waals surface area contributed by atoms with Crippen LogP contribution in [0.15, 0.2) is 199 Å². The number of Topliss-reactive ketones (excluding diaryl/α,β-unsaturated/α-hetero) is 16. The number of nitrogens with zero attached hydrogens (tertiary/aromatic N) is 9. The molecular formula is C114H116BrN9O24. The molecule has 0 spiro atoms. The molecule has 2 unspecified atom stereocenters. The van der Waals surface area contributed by atoms with Crippen molar-refractivity contribution in [2.75, 3.05) is 13.7 Å². The van der Waals surface area contributed by atoms with Crippen molar-refractivity contribution < 1.29 is 111 Å². The van der Waals surface area contributed by atoms with Gasteiger partial charge in [0.05, 0.1) is 23.2 Å². The number of carbonyl (C=O) groups is 17. The number of phenolic OH excluding ortho intramolecular Hbond substituents is 1. The Balaban J connectivity index is 0.000000229. The van der Waals surface area contributed by atoms with E-state index in [-0.39, 0.29) is 173 Å². The van der Waals surface area contributed by atoms with Gasteiger partial charge in [0.15, 0.2) is 98.3 Å². The number of aromatic carboxylic acids is 1. The van der Waals surface area contributed by atoms with E-state index in [1.54, 1.807) is 141 Å². The van der Waals surface area contributed by atoms with Crippen molar-refractivity contribution in [1.82, 2.24) is 39.9 Å². The van der Waals surface area contributed by atoms with Gasteiger partial charge in [0, 0.05) is 134 Å². The summed E-state index contributed by atoms with van der Waals surface area (Å²) in [5.74, 6) is -3.43. The van der Waals surface area contributed by atoms with Crippen molar-refractivity contribution in [1.29, 1.82) is 0 Å². The number of hydrogen-bond donors (Lipinski definition) is 2. The molecule has 2 atom stereocenters. The van der Waals surface area contributed by atoms with Crippen LogP contribution >= 0.6 is 15.9 Å². The van der Waals surface area contributed by atoms with Gasteiger partial charge < -0.3 is 24.4 Å². The first-order valence-corrected chi connectivity index (χ1v) is 47.5. The normalized spacial score (nSPS) is 12.7. The molecule has 0 radical (unpaired) electrons. The molecule has 9 heterocycles. The van der Waals surface area contributed by atoms with Gasteiger partial charge in [-0.05, 0) is 258 Å². The number of carboxylic acids is 1. The third-order valence-electron chi connectivity index (χ3n) is 22.7. The Morgan fingerprint density at radius 2 is 0.581 bits per heavy atom. The summed E-state index contributed by atoms with van der Waals surface area (Å²) < 4.78 is 17.4. The molecule has 2 fully saturated rings. The molecule has 4 aromatic carbocycles. The van der Waals surface area contributed by atoms with Crippen LogP contribution in [0.3, 0.4) is 0 Å². The number of methoxy groups -OCH3 is 1. The van der Waals surface area contributed by atoms with E-state index in [2.05, 4.69) is 55.8 Å². The molecule has 12 aromatic rings. The number of phenols is 1. The predicted molar refractivity (Wildman–Crippen MR) is 558 cm³/mol. The van der Waals surface area contributed by atoms with Gasteiger partial charge in [0.25, 0.3) is 5.69 Å². The van der Waals surface area contributed by atoms with Gasteiger partial charge in [0.2, 0.25) is 0 Å². The lowest BCUT2D eigenvalue weighted by molar-refractivity contribution is -0.384. The van der Waals surface area contributed by atoms with Crippen LogP contribution in [0, 0.1) is 10.1 Å². The molecule has 2 N–H and O–H groups in total. The fraction of sp³-hybridized carbons (Fsp3) is 0.289. The van der Waals surface area contributed by atoms with Gasteiger partial charge in [-0.25, -0.2) is 44.7 Å². The molecular weight excluding hydrogens is 1960 g/mol. The third-order valence-corrected chi connectivity index (χ3v) is 23.2. The number of rotatable bonds is 27. The Morgan fingerprint density at radius 1 is 0.345 bits per heavy atom. The lowest BCUT2D eigenvalue weighted by Crippen LogP contribution is -2.19. The zero-order valence-electron chi connectivity index (χ0n) is 86.3. The Hall–Kier alpha value is -16.2. The van der Waals surface area contributed by atoms with Crippen LogP contribution in [0.1, 0.15) is 402 Å². The minimum absolute atomic E-state index is 0.0219. The average Bonchev–Trinajstić information content (AvgIpc) is 1.41. The highest BCUT2D eigenvalue weighted by Crippen LogP contribution is 2.37. The maximum Gasteiger partial charge on any atom is 0.335 e. The number of halogens is 1. The lowest BCUT2D eigenvalue weighted by Gasteiger charge is -2.22. The number of carboxylic acid groups (broad SMARTS) is 1. The van der Waals surface area contributed by atoms with Crippen LogP contribution in [0.5, 0.6) is 5.75 Å². The van der Waals surface area contributed by atoms with E-state index >= 15 is 0 Å². The van der Waals surface area contributed by atoms with Crippen molar-refractivity contribution in [2.24, 2.45) is 0 Å². The number of ether oxygens (including phenoxy) is 3. The second-order valence-corrected chi connectivity index (χ2v) is 36.4. The maximum absolute atomic E-state index is 11.5. The molecule has 1 aliphatic heterocycles. The number of aromatic hydroxyl groups is 1. The number of ketones is 16. The SMILES string of the molecule is CC(=O)c1cc(-c2ccc(Br)cc2)cc(C(C)=O)n1.CC(=O)c1cc(-c2ccc(C(=O)O)cc2)cc(C(C)=O)n1.CC(=O)c1cc(-c2ccc(O)cc2)cc(C(C)=O)n1.CC(=O)c1cc(-c2ccc([N+](=O)[O-])cc2)cc(C(C)=O)n1.CC(=O)c1cc(C(C)C)cc(C(C)=O)n1.CC(=O)c1cc(C2CCCCC2)cc(C(C)=O)n1.CC(=O)c1cc(C2COC(C)(C)O2)cc(C(C)=O)n1.COC(C)c1cc(C(C)=O)nc(C(C)=O)c1. The summed E-state index contributed by atoms with van der Waals surface area (Å²) in [6.07, 6.45) is 5.61. The van der Waals surface area contributed by atoms with Gasteiger partial charge in [-0.2, -0.15) is 0 Å². The van der Waals surface area contributed by atoms with Crippen LogP contribution in [0.2, 0.25) is 0 Å². The first-order chi connectivity index (χ1) is 69.4. The number of carbonyl (C=O) groups excluding carboxylic acids is 16. The van der Waals surface area contributed by atoms with Crippen LogP contribution in [-0.2, 0) is 14.2 Å². The molecule has 0 bridgehead atoms. The van der Waals surface area contributed by atoms with Crippen molar-refractivity contribution in [3.63, 3.8) is 0 Å². The minimum Gasteiger partial charge on any atom is -0.508 e. The standard InChI is InChI=1S/C16H13NO4.C15H12BrNO2.C15H12N2O4.C15H13NO3.C15H19NO2.C14H17NO4.C12H15NO3.C12H15NO2/c1-9(18)14-7-13(8-15(17-14)10(2)19)11-3-5-12(6-4-11)16(20)21;1-9(18)14-7-12(8-15(17-14)10(2)19)11-3-5-13(16)6-4-11;1-9(18)14-7-12(8-15(16-14)10(2)19)11-3-5-13(6-4-11)17(20)21;1-9(17)14-7-12(8-15(16-14)10(2)18)11-3-5-13(19)6-4-11;1-10(17)14-8-13(9-15(16-14)11(2)18)12-6-4-3-5-7-12;1-8(16)11-5-10(6-12(15-11)9(2)17)13-7-18-14(3,4)19-13;1-7(14)11-5-10(9(3)16-4)6-12(13-11)8(2)15;1-7(2)10-5-11(8(3)14)13-12(6-10)9(4)15/h3-8H,1-2H3,(H,20,21);3-8H,1-2H3;3-8H,1-2H3;3-8,19H,1-2H3;8-9,12H,3-7H2,1-2H3;5-6,13H,7H2,1-4H3;5-6,9H,1-4H3;5-7H,1-4H3.